The summed E-state index contributed by atoms with van der Waals surface area (Å²) < 4.78 is 31.3. The third-order valence-electron chi connectivity index (χ3n) is 4.66. The molecule has 0 aliphatic carbocycles. The smallest absolute Gasteiger partial charge is 0.263 e. The fourth-order valence-corrected chi connectivity index (χ4v) is 5.36. The second kappa shape index (κ2) is 5.41. The summed E-state index contributed by atoms with van der Waals surface area (Å²) in [6, 6.07) is 0.0152. The predicted octanol–water partition coefficient (Wildman–Crippen LogP) is 0.931. The van der Waals surface area contributed by atoms with Crippen LogP contribution in [0.3, 0.4) is 0 Å². The summed E-state index contributed by atoms with van der Waals surface area (Å²) in [6.07, 6.45) is 4.03. The Bertz CT molecular complexity index is 834. The molecule has 2 aromatic rings. The molecule has 0 radical (unpaired) electrons. The molecule has 1 atom stereocenters. The third-order valence-corrected chi connectivity index (χ3v) is 6.66. The van der Waals surface area contributed by atoms with Crippen molar-refractivity contribution >= 4 is 26.9 Å². The SMILES string of the molecule is Cc1noc2ncnc(N3CCCC(N4CCCS4(=O)=O)C3)c12. The van der Waals surface area contributed by atoms with Crippen molar-refractivity contribution < 1.29 is 12.9 Å². The zero-order chi connectivity index (χ0) is 16.0. The molecule has 2 aliphatic rings. The first-order chi connectivity index (χ1) is 11.1. The Labute approximate surface area is 134 Å². The molecule has 2 saturated heterocycles. The minimum atomic E-state index is -3.09. The molecule has 0 amide bonds. The Morgan fingerprint density at radius 2 is 2.13 bits per heavy atom. The van der Waals surface area contributed by atoms with E-state index in [1.54, 1.807) is 4.31 Å². The predicted molar refractivity (Wildman–Crippen MR) is 84.7 cm³/mol. The molecule has 23 heavy (non-hydrogen) atoms. The van der Waals surface area contributed by atoms with Gasteiger partial charge in [0.15, 0.2) is 0 Å². The molecule has 9 heteroatoms. The highest BCUT2D eigenvalue weighted by molar-refractivity contribution is 7.89. The second-order valence-electron chi connectivity index (χ2n) is 6.17. The Kier molecular flexibility index (Phi) is 3.49. The first-order valence-electron chi connectivity index (χ1n) is 7.88. The average Bonchev–Trinajstić information content (AvgIpc) is 3.10. The lowest BCUT2D eigenvalue weighted by Gasteiger charge is -2.37. The molecule has 0 N–H and O–H groups in total. The molecule has 1 unspecified atom stereocenters. The summed E-state index contributed by atoms with van der Waals surface area (Å²) in [4.78, 5) is 10.6. The van der Waals surface area contributed by atoms with E-state index in [0.717, 1.165) is 42.7 Å². The highest BCUT2D eigenvalue weighted by Crippen LogP contribution is 2.30. The molecular formula is C14H19N5O3S. The molecule has 2 aromatic heterocycles. The van der Waals surface area contributed by atoms with Crippen molar-refractivity contribution in [1.82, 2.24) is 19.4 Å². The van der Waals surface area contributed by atoms with Gasteiger partial charge >= 0.3 is 0 Å². The summed E-state index contributed by atoms with van der Waals surface area (Å²) in [5.74, 6) is 1.06. The number of rotatable bonds is 2. The molecule has 0 bridgehead atoms. The van der Waals surface area contributed by atoms with Crippen LogP contribution in [0, 0.1) is 6.92 Å². The zero-order valence-electron chi connectivity index (χ0n) is 13.0. The molecule has 4 heterocycles. The van der Waals surface area contributed by atoms with Crippen LogP contribution in [0.25, 0.3) is 11.1 Å². The minimum absolute atomic E-state index is 0.0152. The highest BCUT2D eigenvalue weighted by Gasteiger charge is 2.37. The normalized spacial score (nSPS) is 25.3. The van der Waals surface area contributed by atoms with Gasteiger partial charge in [-0.05, 0) is 26.2 Å². The van der Waals surface area contributed by atoms with Crippen molar-refractivity contribution in [3.05, 3.63) is 12.0 Å². The van der Waals surface area contributed by atoms with Crippen LogP contribution in [0.15, 0.2) is 10.9 Å². The maximum atomic E-state index is 12.2. The first-order valence-corrected chi connectivity index (χ1v) is 9.48. The van der Waals surface area contributed by atoms with Crippen LogP contribution < -0.4 is 4.90 Å². The standard InChI is InChI=1S/C14H19N5O3S/c1-10-12-13(15-9-16-14(12)22-17-10)18-5-2-4-11(8-18)19-6-3-7-23(19,20)21/h9,11H,2-8H2,1H3. The topological polar surface area (TPSA) is 92.4 Å². The van der Waals surface area contributed by atoms with Gasteiger partial charge in [-0.3, -0.25) is 0 Å². The van der Waals surface area contributed by atoms with Crippen LogP contribution in [-0.2, 0) is 10.0 Å². The Hall–Kier alpha value is -1.74. The monoisotopic (exact) mass is 337 g/mol. The van der Waals surface area contributed by atoms with E-state index in [-0.39, 0.29) is 11.8 Å². The molecule has 4 rings (SSSR count). The van der Waals surface area contributed by atoms with E-state index >= 15 is 0 Å². The number of nitrogens with zero attached hydrogens (tertiary/aromatic N) is 5. The van der Waals surface area contributed by atoms with Crippen LogP contribution in [0.4, 0.5) is 5.82 Å². The second-order valence-corrected chi connectivity index (χ2v) is 8.21. The number of piperidine rings is 1. The lowest BCUT2D eigenvalue weighted by Crippen LogP contribution is -2.48. The lowest BCUT2D eigenvalue weighted by atomic mass is 10.1. The van der Waals surface area contributed by atoms with Crippen molar-refractivity contribution in [2.45, 2.75) is 32.2 Å². The Balaban J connectivity index is 1.66. The number of fused-ring (bicyclic) bond motifs is 1. The first kappa shape index (κ1) is 14.8. The number of hydrogen-bond donors (Lipinski definition) is 0. The Morgan fingerprint density at radius 3 is 2.91 bits per heavy atom. The summed E-state index contributed by atoms with van der Waals surface area (Å²) in [6.45, 7) is 3.99. The number of hydrogen-bond acceptors (Lipinski definition) is 7. The fraction of sp³-hybridized carbons (Fsp3) is 0.643. The van der Waals surface area contributed by atoms with E-state index in [0.29, 0.717) is 18.8 Å². The van der Waals surface area contributed by atoms with Crippen molar-refractivity contribution in [2.75, 3.05) is 30.3 Å². The Morgan fingerprint density at radius 1 is 1.26 bits per heavy atom. The van der Waals surface area contributed by atoms with Crippen LogP contribution in [0.2, 0.25) is 0 Å². The van der Waals surface area contributed by atoms with E-state index in [9.17, 15) is 8.42 Å². The molecule has 0 spiro atoms. The van der Waals surface area contributed by atoms with E-state index < -0.39 is 10.0 Å². The van der Waals surface area contributed by atoms with Gasteiger partial charge in [-0.2, -0.15) is 9.29 Å². The van der Waals surface area contributed by atoms with E-state index in [2.05, 4.69) is 20.0 Å². The van der Waals surface area contributed by atoms with Gasteiger partial charge in [-0.25, -0.2) is 13.4 Å². The van der Waals surface area contributed by atoms with Gasteiger partial charge < -0.3 is 9.42 Å². The van der Waals surface area contributed by atoms with Crippen LogP contribution in [0.1, 0.15) is 25.0 Å². The number of sulfonamides is 1. The van der Waals surface area contributed by atoms with Gasteiger partial charge in [0.2, 0.25) is 10.0 Å². The van der Waals surface area contributed by atoms with Crippen molar-refractivity contribution in [1.29, 1.82) is 0 Å². The van der Waals surface area contributed by atoms with Crippen LogP contribution >= 0.6 is 0 Å². The van der Waals surface area contributed by atoms with Gasteiger partial charge in [0.05, 0.1) is 11.4 Å². The molecule has 0 aromatic carbocycles. The van der Waals surface area contributed by atoms with Crippen LogP contribution in [-0.4, -0.2) is 59.3 Å². The maximum Gasteiger partial charge on any atom is 0.263 e. The van der Waals surface area contributed by atoms with E-state index in [1.807, 2.05) is 6.92 Å². The zero-order valence-corrected chi connectivity index (χ0v) is 13.8. The molecule has 2 aliphatic heterocycles. The molecule has 124 valence electrons. The van der Waals surface area contributed by atoms with Crippen molar-refractivity contribution in [3.63, 3.8) is 0 Å². The molecule has 0 saturated carbocycles. The number of anilines is 1. The van der Waals surface area contributed by atoms with Gasteiger partial charge in [-0.15, -0.1) is 0 Å². The summed E-state index contributed by atoms with van der Waals surface area (Å²) in [5, 5.41) is 4.78. The van der Waals surface area contributed by atoms with Gasteiger partial charge in [0.25, 0.3) is 5.71 Å². The fourth-order valence-electron chi connectivity index (χ4n) is 3.59. The van der Waals surface area contributed by atoms with Gasteiger partial charge in [0, 0.05) is 25.7 Å². The summed E-state index contributed by atoms with van der Waals surface area (Å²) >= 11 is 0. The third kappa shape index (κ3) is 2.47. The molecular weight excluding hydrogens is 318 g/mol. The number of aryl methyl sites for hydroxylation is 1. The number of aromatic nitrogens is 3. The molecule has 8 nitrogen and oxygen atoms in total. The van der Waals surface area contributed by atoms with Gasteiger partial charge in [0.1, 0.15) is 17.5 Å². The molecule has 2 fully saturated rings. The van der Waals surface area contributed by atoms with E-state index in [1.165, 1.54) is 6.33 Å². The van der Waals surface area contributed by atoms with Crippen molar-refractivity contribution in [3.8, 4) is 0 Å². The maximum absolute atomic E-state index is 12.2. The van der Waals surface area contributed by atoms with Crippen molar-refractivity contribution in [2.24, 2.45) is 0 Å². The minimum Gasteiger partial charge on any atom is -0.354 e. The summed E-state index contributed by atoms with van der Waals surface area (Å²) in [7, 11) is -3.09. The van der Waals surface area contributed by atoms with Crippen LogP contribution in [0.5, 0.6) is 0 Å². The average molecular weight is 337 g/mol. The quantitative estimate of drug-likeness (QED) is 0.805. The summed E-state index contributed by atoms with van der Waals surface area (Å²) in [5.41, 5.74) is 1.23. The highest BCUT2D eigenvalue weighted by atomic mass is 32.2. The lowest BCUT2D eigenvalue weighted by molar-refractivity contribution is 0.298. The van der Waals surface area contributed by atoms with Gasteiger partial charge in [-0.1, -0.05) is 5.16 Å². The largest absolute Gasteiger partial charge is 0.354 e. The van der Waals surface area contributed by atoms with E-state index in [4.69, 9.17) is 4.52 Å².